The third-order valence-electron chi connectivity index (χ3n) is 2.70. The summed E-state index contributed by atoms with van der Waals surface area (Å²) in [5.74, 6) is 0.955. The van der Waals surface area contributed by atoms with Crippen LogP contribution < -0.4 is 5.32 Å². The summed E-state index contributed by atoms with van der Waals surface area (Å²) in [4.78, 5) is 7.39. The molecule has 2 N–H and O–H groups in total. The quantitative estimate of drug-likeness (QED) is 0.908. The maximum Gasteiger partial charge on any atom is 0.103 e. The highest BCUT2D eigenvalue weighted by atomic mass is 79.9. The highest BCUT2D eigenvalue weighted by molar-refractivity contribution is 9.10. The largest absolute Gasteiger partial charge is 0.345 e. The van der Waals surface area contributed by atoms with E-state index in [1.54, 1.807) is 0 Å². The van der Waals surface area contributed by atoms with E-state index in [0.717, 1.165) is 22.5 Å². The topological polar surface area (TPSA) is 40.7 Å². The van der Waals surface area contributed by atoms with Crippen LogP contribution in [0.4, 0.5) is 0 Å². The van der Waals surface area contributed by atoms with Crippen molar-refractivity contribution in [3.05, 3.63) is 52.0 Å². The van der Waals surface area contributed by atoms with Crippen LogP contribution in [0.5, 0.6) is 0 Å². The summed E-state index contributed by atoms with van der Waals surface area (Å²) in [6.45, 7) is 4.92. The summed E-state index contributed by atoms with van der Waals surface area (Å²) < 4.78 is 1.11. The summed E-state index contributed by atoms with van der Waals surface area (Å²) in [5, 5.41) is 3.46. The lowest BCUT2D eigenvalue weighted by atomic mass is 10.1. The average molecular weight is 294 g/mol. The first kappa shape index (κ1) is 12.3. The van der Waals surface area contributed by atoms with Crippen LogP contribution in [-0.2, 0) is 6.54 Å². The lowest BCUT2D eigenvalue weighted by Crippen LogP contribution is -2.18. The van der Waals surface area contributed by atoms with E-state index >= 15 is 0 Å². The molecule has 0 aliphatic heterocycles. The first-order valence-corrected chi connectivity index (χ1v) is 6.44. The number of aryl methyl sites for hydroxylation is 1. The van der Waals surface area contributed by atoms with Crippen LogP contribution in [0.2, 0.25) is 0 Å². The number of aromatic nitrogens is 2. The van der Waals surface area contributed by atoms with E-state index in [9.17, 15) is 0 Å². The Hall–Kier alpha value is -1.13. The number of H-pyrrole nitrogens is 1. The molecule has 17 heavy (non-hydrogen) atoms. The van der Waals surface area contributed by atoms with Crippen molar-refractivity contribution in [1.29, 1.82) is 0 Å². The lowest BCUT2D eigenvalue weighted by molar-refractivity contribution is 0.568. The van der Waals surface area contributed by atoms with Crippen LogP contribution >= 0.6 is 15.9 Å². The van der Waals surface area contributed by atoms with Gasteiger partial charge in [0, 0.05) is 29.0 Å². The molecule has 0 aliphatic rings. The van der Waals surface area contributed by atoms with Crippen molar-refractivity contribution in [1.82, 2.24) is 15.3 Å². The van der Waals surface area contributed by atoms with Crippen LogP contribution in [0.3, 0.4) is 0 Å². The summed E-state index contributed by atoms with van der Waals surface area (Å²) in [5.41, 5.74) is 2.39. The van der Waals surface area contributed by atoms with Crippen LogP contribution in [0, 0.1) is 6.92 Å². The molecule has 1 heterocycles. The molecule has 1 atom stereocenters. The molecule has 1 aromatic carbocycles. The second kappa shape index (κ2) is 5.47. The molecule has 0 saturated heterocycles. The Morgan fingerprint density at radius 1 is 1.47 bits per heavy atom. The molecule has 1 aromatic heterocycles. The molecule has 0 saturated carbocycles. The number of benzene rings is 1. The zero-order chi connectivity index (χ0) is 12.3. The number of imidazole rings is 1. The van der Waals surface area contributed by atoms with E-state index in [1.165, 1.54) is 5.56 Å². The zero-order valence-electron chi connectivity index (χ0n) is 10.00. The molecular formula is C13H16BrN3. The smallest absolute Gasteiger partial charge is 0.103 e. The predicted molar refractivity (Wildman–Crippen MR) is 72.7 cm³/mol. The molecule has 0 fully saturated rings. The van der Waals surface area contributed by atoms with Crippen molar-refractivity contribution in [2.45, 2.75) is 26.4 Å². The molecule has 0 radical (unpaired) electrons. The van der Waals surface area contributed by atoms with Crippen molar-refractivity contribution in [3.63, 3.8) is 0 Å². The highest BCUT2D eigenvalue weighted by Crippen LogP contribution is 2.18. The van der Waals surface area contributed by atoms with Crippen LogP contribution in [0.15, 0.2) is 34.9 Å². The van der Waals surface area contributed by atoms with Gasteiger partial charge in [0.25, 0.3) is 0 Å². The van der Waals surface area contributed by atoms with Gasteiger partial charge in [-0.1, -0.05) is 28.1 Å². The third-order valence-corrected chi connectivity index (χ3v) is 3.20. The molecule has 0 bridgehead atoms. The number of rotatable bonds is 4. The molecule has 90 valence electrons. The Balaban J connectivity index is 1.95. The van der Waals surface area contributed by atoms with Gasteiger partial charge in [-0.3, -0.25) is 0 Å². The van der Waals surface area contributed by atoms with E-state index in [2.05, 4.69) is 56.3 Å². The Labute approximate surface area is 110 Å². The van der Waals surface area contributed by atoms with Crippen molar-refractivity contribution in [2.24, 2.45) is 0 Å². The molecule has 3 nitrogen and oxygen atoms in total. The highest BCUT2D eigenvalue weighted by Gasteiger charge is 2.05. The molecule has 4 heteroatoms. The van der Waals surface area contributed by atoms with E-state index in [0.29, 0.717) is 6.04 Å². The minimum absolute atomic E-state index is 0.316. The monoisotopic (exact) mass is 293 g/mol. The van der Waals surface area contributed by atoms with E-state index in [-0.39, 0.29) is 0 Å². The maximum atomic E-state index is 4.18. The van der Waals surface area contributed by atoms with Gasteiger partial charge in [0.15, 0.2) is 0 Å². The van der Waals surface area contributed by atoms with E-state index < -0.39 is 0 Å². The summed E-state index contributed by atoms with van der Waals surface area (Å²) in [6, 6.07) is 8.67. The Kier molecular flexibility index (Phi) is 3.97. The number of nitrogens with one attached hydrogen (secondary N) is 2. The maximum absolute atomic E-state index is 4.18. The van der Waals surface area contributed by atoms with Gasteiger partial charge in [0.05, 0.1) is 0 Å². The first-order valence-electron chi connectivity index (χ1n) is 5.64. The second-order valence-corrected chi connectivity index (χ2v) is 5.07. The molecule has 2 aromatic rings. The summed E-state index contributed by atoms with van der Waals surface area (Å²) in [7, 11) is 0. The molecule has 0 aliphatic carbocycles. The number of hydrogen-bond donors (Lipinski definition) is 2. The number of nitrogens with zero attached hydrogens (tertiary/aromatic N) is 1. The van der Waals surface area contributed by atoms with Gasteiger partial charge >= 0.3 is 0 Å². The van der Waals surface area contributed by atoms with Gasteiger partial charge in [0.1, 0.15) is 5.82 Å². The van der Waals surface area contributed by atoms with Crippen LogP contribution in [-0.4, -0.2) is 9.97 Å². The van der Waals surface area contributed by atoms with Gasteiger partial charge in [-0.25, -0.2) is 4.98 Å². The molecule has 0 spiro atoms. The Bertz CT molecular complexity index is 493. The predicted octanol–water partition coefficient (Wildman–Crippen LogP) is 3.33. The molecular weight excluding hydrogens is 278 g/mol. The Morgan fingerprint density at radius 2 is 2.29 bits per heavy atom. The van der Waals surface area contributed by atoms with E-state index in [4.69, 9.17) is 0 Å². The van der Waals surface area contributed by atoms with Gasteiger partial charge in [-0.2, -0.15) is 0 Å². The fourth-order valence-corrected chi connectivity index (χ4v) is 2.14. The lowest BCUT2D eigenvalue weighted by Gasteiger charge is -2.13. The number of halogens is 1. The fraction of sp³-hybridized carbons (Fsp3) is 0.308. The van der Waals surface area contributed by atoms with Gasteiger partial charge < -0.3 is 10.3 Å². The first-order chi connectivity index (χ1) is 8.15. The number of aromatic amines is 1. The summed E-state index contributed by atoms with van der Waals surface area (Å²) >= 11 is 3.49. The Morgan fingerprint density at radius 3 is 2.94 bits per heavy atom. The SMILES string of the molecule is Cc1ncc(CN[C@@H](C)c2cccc(Br)c2)[nH]1. The van der Waals surface area contributed by atoms with Crippen molar-refractivity contribution < 1.29 is 0 Å². The minimum atomic E-state index is 0.316. The van der Waals surface area contributed by atoms with Crippen LogP contribution in [0.25, 0.3) is 0 Å². The molecule has 0 amide bonds. The number of hydrogen-bond acceptors (Lipinski definition) is 2. The van der Waals surface area contributed by atoms with Gasteiger partial charge in [-0.15, -0.1) is 0 Å². The zero-order valence-corrected chi connectivity index (χ0v) is 11.6. The van der Waals surface area contributed by atoms with Crippen molar-refractivity contribution >= 4 is 15.9 Å². The minimum Gasteiger partial charge on any atom is -0.345 e. The normalized spacial score (nSPS) is 12.6. The third kappa shape index (κ3) is 3.41. The van der Waals surface area contributed by atoms with Gasteiger partial charge in [0.2, 0.25) is 0 Å². The average Bonchev–Trinajstić information content (AvgIpc) is 2.72. The standard InChI is InChI=1S/C13H16BrN3/c1-9(11-4-3-5-12(14)6-11)15-7-13-8-16-10(2)17-13/h3-6,8-9,15H,7H2,1-2H3,(H,16,17)/t9-/m0/s1. The molecule has 2 rings (SSSR count). The van der Waals surface area contributed by atoms with E-state index in [1.807, 2.05) is 19.2 Å². The van der Waals surface area contributed by atoms with Crippen molar-refractivity contribution in [3.8, 4) is 0 Å². The summed E-state index contributed by atoms with van der Waals surface area (Å²) in [6.07, 6.45) is 1.87. The van der Waals surface area contributed by atoms with Crippen LogP contribution in [0.1, 0.15) is 30.0 Å². The second-order valence-electron chi connectivity index (χ2n) is 4.15. The van der Waals surface area contributed by atoms with Crippen molar-refractivity contribution in [2.75, 3.05) is 0 Å². The van der Waals surface area contributed by atoms with Gasteiger partial charge in [-0.05, 0) is 31.5 Å². The molecule has 0 unspecified atom stereocenters. The fourth-order valence-electron chi connectivity index (χ4n) is 1.72.